The largest absolute Gasteiger partial charge is 0.487 e. The van der Waals surface area contributed by atoms with Gasteiger partial charge in [0.05, 0.1) is 4.47 Å². The molecule has 0 saturated heterocycles. The summed E-state index contributed by atoms with van der Waals surface area (Å²) >= 11 is 6.64. The highest BCUT2D eigenvalue weighted by atomic mass is 79.9. The Labute approximate surface area is 100 Å². The Morgan fingerprint density at radius 1 is 1.50 bits per heavy atom. The third-order valence-electron chi connectivity index (χ3n) is 1.62. The molecule has 0 heterocycles. The number of benzene rings is 1. The standard InChI is InChI=1S/C10H11Br2NO/c1-7(11)6-14-10-3-2-8(5-13)4-9(10)12/h2-4H,1,5-6,13H2. The van der Waals surface area contributed by atoms with Crippen molar-refractivity contribution in [2.45, 2.75) is 6.54 Å². The summed E-state index contributed by atoms with van der Waals surface area (Å²) in [7, 11) is 0. The Hall–Kier alpha value is -0.320. The van der Waals surface area contributed by atoms with Crippen molar-refractivity contribution in [2.24, 2.45) is 5.73 Å². The normalized spacial score (nSPS) is 9.93. The lowest BCUT2D eigenvalue weighted by molar-refractivity contribution is 0.358. The van der Waals surface area contributed by atoms with E-state index in [9.17, 15) is 0 Å². The fourth-order valence-electron chi connectivity index (χ4n) is 0.944. The quantitative estimate of drug-likeness (QED) is 0.924. The van der Waals surface area contributed by atoms with Gasteiger partial charge in [0.1, 0.15) is 12.4 Å². The summed E-state index contributed by atoms with van der Waals surface area (Å²) in [5.74, 6) is 0.794. The van der Waals surface area contributed by atoms with Gasteiger partial charge in [-0.05, 0) is 33.6 Å². The number of nitrogens with two attached hydrogens (primary N) is 1. The van der Waals surface area contributed by atoms with Crippen LogP contribution in [0.4, 0.5) is 0 Å². The van der Waals surface area contributed by atoms with Crippen LogP contribution < -0.4 is 10.5 Å². The van der Waals surface area contributed by atoms with Crippen molar-refractivity contribution in [3.63, 3.8) is 0 Å². The highest BCUT2D eigenvalue weighted by Crippen LogP contribution is 2.26. The summed E-state index contributed by atoms with van der Waals surface area (Å²) < 4.78 is 7.19. The van der Waals surface area contributed by atoms with Gasteiger partial charge in [0.15, 0.2) is 0 Å². The van der Waals surface area contributed by atoms with Crippen LogP contribution in [0.2, 0.25) is 0 Å². The second-order valence-corrected chi connectivity index (χ2v) is 4.75. The van der Waals surface area contributed by atoms with E-state index in [4.69, 9.17) is 10.5 Å². The Bertz CT molecular complexity index is 339. The minimum absolute atomic E-state index is 0.459. The predicted molar refractivity (Wildman–Crippen MR) is 65.6 cm³/mol. The van der Waals surface area contributed by atoms with Crippen LogP contribution in [0.3, 0.4) is 0 Å². The average Bonchev–Trinajstić information content (AvgIpc) is 2.15. The van der Waals surface area contributed by atoms with Crippen LogP contribution in [0.1, 0.15) is 5.56 Å². The first-order chi connectivity index (χ1) is 6.63. The van der Waals surface area contributed by atoms with Gasteiger partial charge >= 0.3 is 0 Å². The van der Waals surface area contributed by atoms with Crippen LogP contribution in [0, 0.1) is 0 Å². The zero-order valence-electron chi connectivity index (χ0n) is 7.59. The summed E-state index contributed by atoms with van der Waals surface area (Å²) in [5.41, 5.74) is 6.58. The van der Waals surface area contributed by atoms with Crippen molar-refractivity contribution in [3.8, 4) is 5.75 Å². The molecule has 1 aromatic rings. The molecule has 14 heavy (non-hydrogen) atoms. The van der Waals surface area contributed by atoms with Crippen molar-refractivity contribution in [1.82, 2.24) is 0 Å². The Kier molecular flexibility index (Phi) is 4.65. The summed E-state index contributed by atoms with van der Waals surface area (Å²) in [5, 5.41) is 0. The van der Waals surface area contributed by atoms with Crippen molar-refractivity contribution in [1.29, 1.82) is 0 Å². The van der Waals surface area contributed by atoms with Gasteiger partial charge in [-0.3, -0.25) is 0 Å². The predicted octanol–water partition coefficient (Wildman–Crippen LogP) is 3.20. The summed E-state index contributed by atoms with van der Waals surface area (Å²) in [6.45, 7) is 4.68. The zero-order chi connectivity index (χ0) is 10.6. The highest BCUT2D eigenvalue weighted by Gasteiger charge is 2.01. The van der Waals surface area contributed by atoms with E-state index in [0.29, 0.717) is 13.2 Å². The molecule has 0 saturated carbocycles. The van der Waals surface area contributed by atoms with Gasteiger partial charge in [-0.1, -0.05) is 28.6 Å². The first-order valence-electron chi connectivity index (χ1n) is 4.08. The third-order valence-corrected chi connectivity index (χ3v) is 2.46. The lowest BCUT2D eigenvalue weighted by atomic mass is 10.2. The lowest BCUT2D eigenvalue weighted by Gasteiger charge is -2.08. The van der Waals surface area contributed by atoms with Crippen LogP contribution >= 0.6 is 31.9 Å². The monoisotopic (exact) mass is 319 g/mol. The lowest BCUT2D eigenvalue weighted by Crippen LogP contribution is -1.99. The average molecular weight is 321 g/mol. The molecular weight excluding hydrogens is 310 g/mol. The van der Waals surface area contributed by atoms with E-state index in [-0.39, 0.29) is 0 Å². The van der Waals surface area contributed by atoms with E-state index in [1.54, 1.807) is 0 Å². The molecule has 0 fully saturated rings. The molecule has 0 spiro atoms. The number of hydrogen-bond acceptors (Lipinski definition) is 2. The zero-order valence-corrected chi connectivity index (χ0v) is 10.8. The highest BCUT2D eigenvalue weighted by molar-refractivity contribution is 9.11. The SMILES string of the molecule is C=C(Br)COc1ccc(CN)cc1Br. The van der Waals surface area contributed by atoms with Crippen molar-refractivity contribution in [3.05, 3.63) is 39.3 Å². The molecule has 0 unspecified atom stereocenters. The number of ether oxygens (including phenoxy) is 1. The molecule has 0 bridgehead atoms. The Morgan fingerprint density at radius 3 is 2.71 bits per heavy atom. The molecular formula is C10H11Br2NO. The van der Waals surface area contributed by atoms with Crippen molar-refractivity contribution < 1.29 is 4.74 Å². The minimum atomic E-state index is 0.459. The van der Waals surface area contributed by atoms with Gasteiger partial charge in [0.2, 0.25) is 0 Å². The Balaban J connectivity index is 2.73. The van der Waals surface area contributed by atoms with E-state index >= 15 is 0 Å². The molecule has 0 aromatic heterocycles. The van der Waals surface area contributed by atoms with Gasteiger partial charge < -0.3 is 10.5 Å². The number of halogens is 2. The van der Waals surface area contributed by atoms with E-state index in [1.165, 1.54) is 0 Å². The minimum Gasteiger partial charge on any atom is -0.487 e. The molecule has 0 aliphatic carbocycles. The van der Waals surface area contributed by atoms with Crippen molar-refractivity contribution >= 4 is 31.9 Å². The maximum Gasteiger partial charge on any atom is 0.134 e. The molecule has 1 rings (SSSR count). The van der Waals surface area contributed by atoms with Gasteiger partial charge in [-0.2, -0.15) is 0 Å². The molecule has 0 aliphatic heterocycles. The second kappa shape index (κ2) is 5.53. The van der Waals surface area contributed by atoms with E-state index in [0.717, 1.165) is 20.3 Å². The molecule has 4 heteroatoms. The molecule has 1 aromatic carbocycles. The first-order valence-corrected chi connectivity index (χ1v) is 5.66. The van der Waals surface area contributed by atoms with Crippen LogP contribution in [-0.4, -0.2) is 6.61 Å². The van der Waals surface area contributed by atoms with Crippen molar-refractivity contribution in [2.75, 3.05) is 6.61 Å². The van der Waals surface area contributed by atoms with Crippen LogP contribution in [0.5, 0.6) is 5.75 Å². The van der Waals surface area contributed by atoms with E-state index in [2.05, 4.69) is 38.4 Å². The third kappa shape index (κ3) is 3.44. The molecule has 0 radical (unpaired) electrons. The molecule has 0 amide bonds. The number of rotatable bonds is 4. The second-order valence-electron chi connectivity index (χ2n) is 2.77. The van der Waals surface area contributed by atoms with Gasteiger partial charge in [-0.25, -0.2) is 0 Å². The Morgan fingerprint density at radius 2 is 2.21 bits per heavy atom. The molecule has 76 valence electrons. The van der Waals surface area contributed by atoms with Crippen LogP contribution in [0.15, 0.2) is 33.7 Å². The van der Waals surface area contributed by atoms with E-state index < -0.39 is 0 Å². The first kappa shape index (κ1) is 11.8. The fraction of sp³-hybridized carbons (Fsp3) is 0.200. The van der Waals surface area contributed by atoms with Gasteiger partial charge in [0.25, 0.3) is 0 Å². The van der Waals surface area contributed by atoms with Crippen LogP contribution in [-0.2, 0) is 6.54 Å². The smallest absolute Gasteiger partial charge is 0.134 e. The van der Waals surface area contributed by atoms with Gasteiger partial charge in [0, 0.05) is 11.0 Å². The summed E-state index contributed by atoms with van der Waals surface area (Å²) in [4.78, 5) is 0. The van der Waals surface area contributed by atoms with Gasteiger partial charge in [-0.15, -0.1) is 0 Å². The topological polar surface area (TPSA) is 35.2 Å². The number of hydrogen-bond donors (Lipinski definition) is 1. The molecule has 2 nitrogen and oxygen atoms in total. The fourth-order valence-corrected chi connectivity index (χ4v) is 1.60. The summed E-state index contributed by atoms with van der Waals surface area (Å²) in [6, 6.07) is 5.78. The molecule has 0 aliphatic rings. The molecule has 2 N–H and O–H groups in total. The molecule has 0 atom stereocenters. The van der Waals surface area contributed by atoms with Crippen LogP contribution in [0.25, 0.3) is 0 Å². The maximum absolute atomic E-state index is 5.51. The van der Waals surface area contributed by atoms with E-state index in [1.807, 2.05) is 18.2 Å². The maximum atomic E-state index is 5.51. The summed E-state index contributed by atoms with van der Waals surface area (Å²) in [6.07, 6.45) is 0.